The van der Waals surface area contributed by atoms with Crippen molar-refractivity contribution in [2.75, 3.05) is 18.5 Å². The highest BCUT2D eigenvalue weighted by Crippen LogP contribution is 2.28. The largest absolute Gasteiger partial charge is 0.454 e. The average Bonchev–Trinajstić information content (AvgIpc) is 3.50. The van der Waals surface area contributed by atoms with E-state index in [-0.39, 0.29) is 6.73 Å². The molecule has 2 heterocycles. The number of ketones is 1. The van der Waals surface area contributed by atoms with Gasteiger partial charge in [0.25, 0.3) is 5.78 Å². The van der Waals surface area contributed by atoms with Crippen molar-refractivity contribution in [1.82, 2.24) is 19.1 Å². The Labute approximate surface area is 241 Å². The molecule has 0 saturated heterocycles. The summed E-state index contributed by atoms with van der Waals surface area (Å²) in [7, 11) is -2.48. The summed E-state index contributed by atoms with van der Waals surface area (Å²) in [6, 6.07) is 9.18. The Kier molecular flexibility index (Phi) is 10.9. The van der Waals surface area contributed by atoms with Gasteiger partial charge in [-0.1, -0.05) is 51.4 Å². The summed E-state index contributed by atoms with van der Waals surface area (Å²) >= 11 is 0. The van der Waals surface area contributed by atoms with E-state index in [1.807, 2.05) is 27.5 Å². The van der Waals surface area contributed by atoms with Gasteiger partial charge in [-0.25, -0.2) is 9.97 Å². The average molecular weight is 608 g/mol. The number of carbonyl (C=O) groups is 1. The Morgan fingerprint density at radius 2 is 1.54 bits per heavy atom. The van der Waals surface area contributed by atoms with E-state index in [1.165, 1.54) is 0 Å². The van der Waals surface area contributed by atoms with Crippen LogP contribution in [0, 0.1) is 0 Å². The molecule has 0 aliphatic carbocycles. The Balaban J connectivity index is 1.82. The van der Waals surface area contributed by atoms with Gasteiger partial charge >= 0.3 is 6.18 Å². The van der Waals surface area contributed by atoms with E-state index in [9.17, 15) is 18.0 Å². The first-order valence-electron chi connectivity index (χ1n) is 13.5. The number of imidazole rings is 2. The third-order valence-corrected chi connectivity index (χ3v) is 9.57. The zero-order chi connectivity index (χ0) is 30.3. The Hall–Kier alpha value is -3.01. The molecule has 2 aromatic heterocycles. The Bertz CT molecular complexity index is 1310. The minimum absolute atomic E-state index is 0.279. The monoisotopic (exact) mass is 607 g/mol. The summed E-state index contributed by atoms with van der Waals surface area (Å²) in [6.07, 6.45) is 1.89. The van der Waals surface area contributed by atoms with E-state index >= 15 is 0 Å². The lowest BCUT2D eigenvalue weighted by molar-refractivity contribution is -0.165. The van der Waals surface area contributed by atoms with Crippen LogP contribution < -0.4 is 5.32 Å². The number of nitrogens with zero attached hydrogens (tertiary/aromatic N) is 4. The molecule has 0 fully saturated rings. The summed E-state index contributed by atoms with van der Waals surface area (Å²) < 4.78 is 53.2. The van der Waals surface area contributed by atoms with E-state index in [0.717, 1.165) is 29.5 Å². The lowest BCUT2D eigenvalue weighted by Crippen LogP contribution is -2.22. The number of nitrogens with one attached hydrogen (secondary N) is 1. The summed E-state index contributed by atoms with van der Waals surface area (Å²) in [5, 5.41) is 2.70. The van der Waals surface area contributed by atoms with E-state index in [2.05, 4.69) is 49.6 Å². The molecule has 8 nitrogen and oxygen atoms in total. The van der Waals surface area contributed by atoms with Crippen LogP contribution in [0.2, 0.25) is 51.4 Å². The van der Waals surface area contributed by atoms with E-state index < -0.39 is 28.1 Å². The maximum absolute atomic E-state index is 12.4. The number of ether oxygens (including phenoxy) is 2. The zero-order valence-corrected chi connectivity index (χ0v) is 26.6. The van der Waals surface area contributed by atoms with Gasteiger partial charge in [-0.15, -0.1) is 0 Å². The molecular formula is C28H40F3N5O3Si2. The number of hydrogen-bond donors (Lipinski definition) is 1. The molecule has 3 aromatic rings. The number of carbonyl (C=O) groups excluding carboxylic acids is 1. The van der Waals surface area contributed by atoms with Crippen LogP contribution in [0.1, 0.15) is 0 Å². The molecule has 0 bridgehead atoms. The highest BCUT2D eigenvalue weighted by molar-refractivity contribution is 6.76. The second-order valence-electron chi connectivity index (χ2n) is 12.2. The van der Waals surface area contributed by atoms with Crippen LogP contribution in [0.4, 0.5) is 18.9 Å². The Morgan fingerprint density at radius 3 is 2.12 bits per heavy atom. The van der Waals surface area contributed by atoms with Crippen LogP contribution >= 0.6 is 0 Å². The van der Waals surface area contributed by atoms with E-state index in [0.29, 0.717) is 43.4 Å². The lowest BCUT2D eigenvalue weighted by atomic mass is 10.1. The van der Waals surface area contributed by atoms with Crippen LogP contribution in [0.25, 0.3) is 22.9 Å². The molecule has 0 unspecified atom stereocenters. The maximum atomic E-state index is 12.4. The molecule has 0 aliphatic heterocycles. The highest BCUT2D eigenvalue weighted by atomic mass is 28.3. The molecular weight excluding hydrogens is 568 g/mol. The third-order valence-electron chi connectivity index (χ3n) is 6.16. The molecule has 1 N–H and O–H groups in total. The van der Waals surface area contributed by atoms with Gasteiger partial charge in [0, 0.05) is 59.7 Å². The van der Waals surface area contributed by atoms with E-state index in [4.69, 9.17) is 14.5 Å². The number of anilines is 1. The van der Waals surface area contributed by atoms with Crippen molar-refractivity contribution in [3.63, 3.8) is 0 Å². The number of alkyl halides is 3. The lowest BCUT2D eigenvalue weighted by Gasteiger charge is -2.18. The number of hydrogen-bond acceptors (Lipinski definition) is 6. The van der Waals surface area contributed by atoms with Gasteiger partial charge in [0.05, 0.1) is 11.9 Å². The van der Waals surface area contributed by atoms with Gasteiger partial charge in [-0.2, -0.15) is 13.2 Å². The fourth-order valence-corrected chi connectivity index (χ4v) is 5.17. The second kappa shape index (κ2) is 13.8. The predicted octanol–water partition coefficient (Wildman–Crippen LogP) is 7.10. The predicted molar refractivity (Wildman–Crippen MR) is 161 cm³/mol. The van der Waals surface area contributed by atoms with Gasteiger partial charge in [-0.05, 0) is 29.8 Å². The van der Waals surface area contributed by atoms with Crippen molar-refractivity contribution < 1.29 is 27.4 Å². The molecule has 41 heavy (non-hydrogen) atoms. The molecule has 13 heteroatoms. The number of rotatable bonds is 15. The van der Waals surface area contributed by atoms with Gasteiger partial charge in [0.2, 0.25) is 0 Å². The summed E-state index contributed by atoms with van der Waals surface area (Å²) in [6.45, 7) is 15.8. The van der Waals surface area contributed by atoms with Crippen LogP contribution in [0.3, 0.4) is 0 Å². The van der Waals surface area contributed by atoms with Crippen LogP contribution in [0.15, 0.2) is 55.1 Å². The maximum Gasteiger partial charge on any atom is 0.454 e. The molecule has 224 valence electrons. The molecule has 0 aliphatic rings. The van der Waals surface area contributed by atoms with Gasteiger partial charge in [0.1, 0.15) is 13.5 Å². The minimum Gasteiger partial charge on any atom is -0.362 e. The Morgan fingerprint density at radius 1 is 0.927 bits per heavy atom. The SMILES string of the molecule is C[Si](C)(C)CCOCn1ccnc1-c1ncc(-c2ccc(N/C=C\C(=O)C(F)(F)F)cc2)n1COCC[Si](C)(C)C. The minimum atomic E-state index is -4.90. The molecule has 0 amide bonds. The standard InChI is InChI=1S/C28H40F3N5O3Si2/c1-40(2,3)17-15-38-20-35-14-13-33-26(35)27-34-19-24(36(27)21-39-16-18-41(4,5)6)22-7-9-23(10-8-22)32-12-11-25(37)28(29,30)31/h7-14,19,32H,15-18,20-21H2,1-6H3/b12-11-. The van der Waals surface area contributed by atoms with E-state index in [1.54, 1.807) is 24.5 Å². The van der Waals surface area contributed by atoms with Crippen molar-refractivity contribution in [1.29, 1.82) is 0 Å². The first kappa shape index (κ1) is 32.5. The fraction of sp³-hybridized carbons (Fsp3) is 0.464. The summed E-state index contributed by atoms with van der Waals surface area (Å²) in [5.74, 6) is -0.620. The summed E-state index contributed by atoms with van der Waals surface area (Å²) in [4.78, 5) is 20.3. The third kappa shape index (κ3) is 10.4. The normalized spacial score (nSPS) is 12.8. The number of halogens is 3. The van der Waals surface area contributed by atoms with Crippen LogP contribution in [-0.2, 0) is 27.7 Å². The molecule has 0 saturated carbocycles. The van der Waals surface area contributed by atoms with Crippen molar-refractivity contribution >= 4 is 27.6 Å². The van der Waals surface area contributed by atoms with Crippen molar-refractivity contribution in [2.24, 2.45) is 0 Å². The number of benzene rings is 1. The molecule has 0 atom stereocenters. The second-order valence-corrected chi connectivity index (χ2v) is 23.5. The smallest absolute Gasteiger partial charge is 0.362 e. The van der Waals surface area contributed by atoms with Gasteiger partial charge in [-0.3, -0.25) is 9.36 Å². The molecule has 0 spiro atoms. The van der Waals surface area contributed by atoms with Crippen molar-refractivity contribution in [3.05, 3.63) is 55.1 Å². The number of allylic oxidation sites excluding steroid dienone is 1. The first-order chi connectivity index (χ1) is 19.1. The fourth-order valence-electron chi connectivity index (χ4n) is 3.66. The van der Waals surface area contributed by atoms with Crippen LogP contribution in [0.5, 0.6) is 0 Å². The quantitative estimate of drug-likeness (QED) is 0.113. The number of aromatic nitrogens is 4. The highest BCUT2D eigenvalue weighted by Gasteiger charge is 2.36. The first-order valence-corrected chi connectivity index (χ1v) is 20.9. The van der Waals surface area contributed by atoms with Crippen molar-refractivity contribution in [3.8, 4) is 22.9 Å². The molecule has 0 radical (unpaired) electrons. The van der Waals surface area contributed by atoms with Crippen molar-refractivity contribution in [2.45, 2.75) is 71.0 Å². The molecule has 1 aromatic carbocycles. The van der Waals surface area contributed by atoms with Gasteiger partial charge in [0.15, 0.2) is 11.6 Å². The zero-order valence-electron chi connectivity index (χ0n) is 24.6. The topological polar surface area (TPSA) is 83.2 Å². The van der Waals surface area contributed by atoms with Gasteiger partial charge < -0.3 is 19.4 Å². The molecule has 3 rings (SSSR count). The van der Waals surface area contributed by atoms with Crippen LogP contribution in [-0.4, -0.2) is 60.4 Å². The summed E-state index contributed by atoms with van der Waals surface area (Å²) in [5.41, 5.74) is 2.17.